The van der Waals surface area contributed by atoms with Crippen molar-refractivity contribution in [3.8, 4) is 5.75 Å². The third-order valence-electron chi connectivity index (χ3n) is 2.80. The van der Waals surface area contributed by atoms with Crippen LogP contribution in [0.3, 0.4) is 0 Å². The highest BCUT2D eigenvalue weighted by atomic mass is 16.5. The number of methoxy groups -OCH3 is 1. The summed E-state index contributed by atoms with van der Waals surface area (Å²) in [6, 6.07) is 5.69. The number of carbonyl (C=O) groups is 1. The molecule has 0 radical (unpaired) electrons. The fourth-order valence-electron chi connectivity index (χ4n) is 2.05. The Labute approximate surface area is 112 Å². The quantitative estimate of drug-likeness (QED) is 0.918. The van der Waals surface area contributed by atoms with Crippen LogP contribution in [0.25, 0.3) is 10.9 Å². The number of fused-ring (bicyclic) bond motifs is 1. The molecule has 19 heavy (non-hydrogen) atoms. The molecular weight excluding hydrogens is 242 g/mol. The molecule has 1 heterocycles. The van der Waals surface area contributed by atoms with E-state index in [4.69, 9.17) is 4.74 Å². The molecule has 1 aromatic heterocycles. The number of anilines is 2. The number of benzene rings is 1. The Morgan fingerprint density at radius 1 is 1.37 bits per heavy atom. The first-order valence-corrected chi connectivity index (χ1v) is 5.94. The largest absolute Gasteiger partial charge is 0.497 e. The van der Waals surface area contributed by atoms with Gasteiger partial charge < -0.3 is 15.0 Å². The molecule has 5 nitrogen and oxygen atoms in total. The van der Waals surface area contributed by atoms with Gasteiger partial charge >= 0.3 is 0 Å². The fourth-order valence-corrected chi connectivity index (χ4v) is 2.05. The molecule has 100 valence electrons. The van der Waals surface area contributed by atoms with E-state index in [-0.39, 0.29) is 5.91 Å². The van der Waals surface area contributed by atoms with Gasteiger partial charge in [0.2, 0.25) is 5.91 Å². The number of hydrogen-bond acceptors (Lipinski definition) is 4. The number of amides is 1. The first-order chi connectivity index (χ1) is 9.02. The summed E-state index contributed by atoms with van der Waals surface area (Å²) < 4.78 is 5.24. The van der Waals surface area contributed by atoms with Gasteiger partial charge in [-0.3, -0.25) is 9.78 Å². The van der Waals surface area contributed by atoms with Crippen LogP contribution in [0, 0.1) is 0 Å². The van der Waals surface area contributed by atoms with Crippen LogP contribution in [0.15, 0.2) is 24.4 Å². The van der Waals surface area contributed by atoms with Crippen LogP contribution in [0.5, 0.6) is 5.75 Å². The summed E-state index contributed by atoms with van der Waals surface area (Å²) in [4.78, 5) is 17.6. The highest BCUT2D eigenvalue weighted by Crippen LogP contribution is 2.34. The van der Waals surface area contributed by atoms with Gasteiger partial charge in [0.05, 0.1) is 30.2 Å². The molecule has 1 aromatic carbocycles. The topological polar surface area (TPSA) is 54.5 Å². The molecule has 2 rings (SSSR count). The average molecular weight is 259 g/mol. The molecule has 1 N–H and O–H groups in total. The minimum atomic E-state index is -0.118. The summed E-state index contributed by atoms with van der Waals surface area (Å²) in [7, 11) is 5.49. The standard InChI is InChI=1S/C14H17N3O2/c1-9(18)16-13-8-15-12-6-5-10(19-4)7-11(12)14(13)17(2)3/h5-8H,1-4H3,(H,16,18). The monoisotopic (exact) mass is 259 g/mol. The van der Waals surface area contributed by atoms with Crippen molar-refractivity contribution in [1.29, 1.82) is 0 Å². The summed E-state index contributed by atoms with van der Waals surface area (Å²) >= 11 is 0. The van der Waals surface area contributed by atoms with Crippen molar-refractivity contribution in [2.24, 2.45) is 0 Å². The van der Waals surface area contributed by atoms with Crippen LogP contribution in [-0.4, -0.2) is 32.1 Å². The Kier molecular flexibility index (Phi) is 3.55. The molecule has 1 amide bonds. The molecule has 2 aromatic rings. The van der Waals surface area contributed by atoms with Crippen molar-refractivity contribution in [2.75, 3.05) is 31.4 Å². The number of rotatable bonds is 3. The van der Waals surface area contributed by atoms with E-state index >= 15 is 0 Å². The lowest BCUT2D eigenvalue weighted by molar-refractivity contribution is -0.114. The molecule has 0 aliphatic heterocycles. The van der Waals surface area contributed by atoms with Gasteiger partial charge in [-0.1, -0.05) is 0 Å². The normalized spacial score (nSPS) is 10.3. The van der Waals surface area contributed by atoms with Crippen molar-refractivity contribution in [2.45, 2.75) is 6.92 Å². The van der Waals surface area contributed by atoms with Crippen molar-refractivity contribution in [1.82, 2.24) is 4.98 Å². The smallest absolute Gasteiger partial charge is 0.221 e. The number of hydrogen-bond donors (Lipinski definition) is 1. The minimum Gasteiger partial charge on any atom is -0.497 e. The van der Waals surface area contributed by atoms with Gasteiger partial charge in [-0.25, -0.2) is 0 Å². The van der Waals surface area contributed by atoms with Crippen molar-refractivity contribution >= 4 is 28.2 Å². The summed E-state index contributed by atoms with van der Waals surface area (Å²) in [6.45, 7) is 1.48. The fraction of sp³-hybridized carbons (Fsp3) is 0.286. The predicted molar refractivity (Wildman–Crippen MR) is 76.9 cm³/mol. The van der Waals surface area contributed by atoms with E-state index in [1.807, 2.05) is 37.2 Å². The second-order valence-corrected chi connectivity index (χ2v) is 4.48. The summed E-state index contributed by atoms with van der Waals surface area (Å²) in [6.07, 6.45) is 1.67. The second kappa shape index (κ2) is 5.14. The summed E-state index contributed by atoms with van der Waals surface area (Å²) in [5.41, 5.74) is 2.47. The number of ether oxygens (including phenoxy) is 1. The van der Waals surface area contributed by atoms with Crippen molar-refractivity contribution < 1.29 is 9.53 Å². The van der Waals surface area contributed by atoms with E-state index < -0.39 is 0 Å². The van der Waals surface area contributed by atoms with Crippen LogP contribution in [0.2, 0.25) is 0 Å². The zero-order valence-corrected chi connectivity index (χ0v) is 11.5. The molecular formula is C14H17N3O2. The Morgan fingerprint density at radius 3 is 2.68 bits per heavy atom. The van der Waals surface area contributed by atoms with Crippen molar-refractivity contribution in [3.63, 3.8) is 0 Å². The van der Waals surface area contributed by atoms with E-state index in [2.05, 4.69) is 10.3 Å². The molecule has 0 saturated heterocycles. The molecule has 0 saturated carbocycles. The van der Waals surface area contributed by atoms with Crippen LogP contribution >= 0.6 is 0 Å². The van der Waals surface area contributed by atoms with Gasteiger partial charge in [0.25, 0.3) is 0 Å². The molecule has 0 bridgehead atoms. The van der Waals surface area contributed by atoms with E-state index in [1.165, 1.54) is 6.92 Å². The second-order valence-electron chi connectivity index (χ2n) is 4.48. The Morgan fingerprint density at radius 2 is 2.11 bits per heavy atom. The van der Waals surface area contributed by atoms with Gasteiger partial charge in [0.1, 0.15) is 5.75 Å². The van der Waals surface area contributed by atoms with Crippen LogP contribution in [0.4, 0.5) is 11.4 Å². The first-order valence-electron chi connectivity index (χ1n) is 5.94. The third kappa shape index (κ3) is 2.59. The lowest BCUT2D eigenvalue weighted by Gasteiger charge is -2.20. The van der Waals surface area contributed by atoms with Crippen LogP contribution < -0.4 is 15.0 Å². The lowest BCUT2D eigenvalue weighted by Crippen LogP contribution is -2.15. The van der Waals surface area contributed by atoms with E-state index in [1.54, 1.807) is 13.3 Å². The lowest BCUT2D eigenvalue weighted by atomic mass is 10.1. The van der Waals surface area contributed by atoms with Crippen LogP contribution in [0.1, 0.15) is 6.92 Å². The maximum absolute atomic E-state index is 11.3. The predicted octanol–water partition coefficient (Wildman–Crippen LogP) is 2.27. The highest BCUT2D eigenvalue weighted by Gasteiger charge is 2.12. The molecule has 0 fully saturated rings. The minimum absolute atomic E-state index is 0.118. The van der Waals surface area contributed by atoms with Crippen LogP contribution in [-0.2, 0) is 4.79 Å². The van der Waals surface area contributed by atoms with E-state index in [9.17, 15) is 4.79 Å². The molecule has 0 unspecified atom stereocenters. The Hall–Kier alpha value is -2.30. The number of nitrogens with one attached hydrogen (secondary N) is 1. The van der Waals surface area contributed by atoms with Gasteiger partial charge in [-0.05, 0) is 18.2 Å². The average Bonchev–Trinajstić information content (AvgIpc) is 2.36. The maximum Gasteiger partial charge on any atom is 0.221 e. The third-order valence-corrected chi connectivity index (χ3v) is 2.80. The molecule has 5 heteroatoms. The molecule has 0 atom stereocenters. The van der Waals surface area contributed by atoms with Gasteiger partial charge in [0, 0.05) is 26.4 Å². The number of aromatic nitrogens is 1. The zero-order valence-electron chi connectivity index (χ0n) is 11.5. The SMILES string of the molecule is COc1ccc2ncc(NC(C)=O)c(N(C)C)c2c1. The summed E-state index contributed by atoms with van der Waals surface area (Å²) in [5.74, 6) is 0.643. The molecule has 0 spiro atoms. The summed E-state index contributed by atoms with van der Waals surface area (Å²) in [5, 5.41) is 3.74. The van der Waals surface area contributed by atoms with Gasteiger partial charge in [-0.2, -0.15) is 0 Å². The van der Waals surface area contributed by atoms with E-state index in [0.29, 0.717) is 5.69 Å². The zero-order chi connectivity index (χ0) is 14.0. The number of nitrogens with zero attached hydrogens (tertiary/aromatic N) is 2. The Balaban J connectivity index is 2.70. The first kappa shape index (κ1) is 13.1. The van der Waals surface area contributed by atoms with Gasteiger partial charge in [-0.15, -0.1) is 0 Å². The van der Waals surface area contributed by atoms with E-state index in [0.717, 1.165) is 22.3 Å². The number of pyridine rings is 1. The number of carbonyl (C=O) groups excluding carboxylic acids is 1. The van der Waals surface area contributed by atoms with Gasteiger partial charge in [0.15, 0.2) is 0 Å². The molecule has 0 aliphatic carbocycles. The maximum atomic E-state index is 11.3. The van der Waals surface area contributed by atoms with Crippen molar-refractivity contribution in [3.05, 3.63) is 24.4 Å². The molecule has 0 aliphatic rings. The highest BCUT2D eigenvalue weighted by molar-refractivity contribution is 6.03. The Bertz CT molecular complexity index is 623.